The van der Waals surface area contributed by atoms with Crippen molar-refractivity contribution >= 4 is 0 Å². The van der Waals surface area contributed by atoms with Crippen LogP contribution in [0.1, 0.15) is 60.3 Å². The lowest BCUT2D eigenvalue weighted by molar-refractivity contribution is 0.0862. The van der Waals surface area contributed by atoms with Crippen LogP contribution in [0.5, 0.6) is 0 Å². The van der Waals surface area contributed by atoms with Crippen LogP contribution in [0.4, 0.5) is 0 Å². The number of rotatable bonds is 2. The van der Waals surface area contributed by atoms with Gasteiger partial charge in [0.15, 0.2) is 0 Å². The fraction of sp³-hybridized carbons (Fsp3) is 0.600. The Morgan fingerprint density at radius 1 is 1.19 bits per heavy atom. The van der Waals surface area contributed by atoms with Crippen LogP contribution < -0.4 is 0 Å². The molecule has 0 aromatic heterocycles. The molecule has 1 aliphatic rings. The summed E-state index contributed by atoms with van der Waals surface area (Å²) in [5, 5.41) is 0. The molecule has 0 saturated heterocycles. The first-order valence-corrected chi connectivity index (χ1v) is 8.19. The van der Waals surface area contributed by atoms with Gasteiger partial charge in [-0.15, -0.1) is 0 Å². The second-order valence-electron chi connectivity index (χ2n) is 6.68. The summed E-state index contributed by atoms with van der Waals surface area (Å²) < 4.78 is 6.15. The van der Waals surface area contributed by atoms with Gasteiger partial charge in [0.1, 0.15) is 0 Å². The molecule has 0 saturated carbocycles. The highest BCUT2D eigenvalue weighted by molar-refractivity contribution is 5.19. The van der Waals surface area contributed by atoms with Crippen LogP contribution in [0.2, 0.25) is 0 Å². The number of allylic oxidation sites excluding steroid dienone is 5. The van der Waals surface area contributed by atoms with Gasteiger partial charge in [-0.05, 0) is 57.9 Å². The van der Waals surface area contributed by atoms with Crippen molar-refractivity contribution in [3.05, 3.63) is 47.1 Å². The van der Waals surface area contributed by atoms with E-state index in [2.05, 4.69) is 59.4 Å². The first kappa shape index (κ1) is 18.0. The van der Waals surface area contributed by atoms with E-state index in [4.69, 9.17) is 4.74 Å². The predicted molar refractivity (Wildman–Crippen MR) is 93.5 cm³/mol. The minimum Gasteiger partial charge on any atom is -0.370 e. The largest absolute Gasteiger partial charge is 0.370 e. The SMILES string of the molecule is C=C(C)[C@@H]1CC/C(C)=C/CC/C(C)=C/C=C(/C(C)C)CO1. The van der Waals surface area contributed by atoms with Crippen LogP contribution in [0.3, 0.4) is 0 Å². The van der Waals surface area contributed by atoms with Crippen molar-refractivity contribution < 1.29 is 4.74 Å². The van der Waals surface area contributed by atoms with Crippen molar-refractivity contribution in [2.24, 2.45) is 5.92 Å². The van der Waals surface area contributed by atoms with Gasteiger partial charge in [-0.1, -0.05) is 55.4 Å². The standard InChI is InChI=1S/C20H32O/c1-15(2)19-12-10-17(5)8-7-9-18(6)11-13-20(16(3)4)21-14-19/h9-10,12,15,20H,3,7-8,11,13-14H2,1-2,4-6H3/b17-10+,18-9+,19-12+/t20-/m0/s1. The van der Waals surface area contributed by atoms with Crippen LogP contribution in [0.15, 0.2) is 47.1 Å². The molecule has 0 N–H and O–H groups in total. The Bertz CT molecular complexity index is 435. The molecule has 1 atom stereocenters. The zero-order chi connectivity index (χ0) is 15.8. The molecule has 0 aromatic carbocycles. The zero-order valence-electron chi connectivity index (χ0n) is 14.5. The van der Waals surface area contributed by atoms with Gasteiger partial charge in [0.25, 0.3) is 0 Å². The lowest BCUT2D eigenvalue weighted by Gasteiger charge is -2.20. The van der Waals surface area contributed by atoms with Gasteiger partial charge in [-0.25, -0.2) is 0 Å². The highest BCUT2D eigenvalue weighted by atomic mass is 16.5. The molecular weight excluding hydrogens is 256 g/mol. The Morgan fingerprint density at radius 3 is 2.52 bits per heavy atom. The highest BCUT2D eigenvalue weighted by Crippen LogP contribution is 2.20. The van der Waals surface area contributed by atoms with Crippen molar-refractivity contribution in [2.45, 2.75) is 66.4 Å². The zero-order valence-corrected chi connectivity index (χ0v) is 14.5. The molecule has 0 unspecified atom stereocenters. The van der Waals surface area contributed by atoms with Crippen LogP contribution in [-0.4, -0.2) is 12.7 Å². The van der Waals surface area contributed by atoms with Crippen LogP contribution >= 0.6 is 0 Å². The van der Waals surface area contributed by atoms with E-state index in [9.17, 15) is 0 Å². The molecule has 118 valence electrons. The molecule has 0 fully saturated rings. The Hall–Kier alpha value is -1.08. The van der Waals surface area contributed by atoms with E-state index in [1.165, 1.54) is 16.7 Å². The third-order valence-electron chi connectivity index (χ3n) is 4.16. The second-order valence-corrected chi connectivity index (χ2v) is 6.68. The molecule has 1 aliphatic heterocycles. The van der Waals surface area contributed by atoms with Crippen molar-refractivity contribution in [2.75, 3.05) is 6.61 Å². The van der Waals surface area contributed by atoms with E-state index in [0.29, 0.717) is 12.5 Å². The molecule has 1 rings (SSSR count). The van der Waals surface area contributed by atoms with Gasteiger partial charge < -0.3 is 4.74 Å². The monoisotopic (exact) mass is 288 g/mol. The van der Waals surface area contributed by atoms with E-state index < -0.39 is 0 Å². The maximum Gasteiger partial charge on any atom is 0.0787 e. The van der Waals surface area contributed by atoms with Gasteiger partial charge in [0, 0.05) is 0 Å². The number of ether oxygens (including phenoxy) is 1. The molecule has 0 aliphatic carbocycles. The maximum absolute atomic E-state index is 6.15. The van der Waals surface area contributed by atoms with E-state index in [1.54, 1.807) is 0 Å². The lowest BCUT2D eigenvalue weighted by Crippen LogP contribution is -2.17. The molecule has 0 aromatic rings. The third kappa shape index (κ3) is 6.95. The first-order valence-electron chi connectivity index (χ1n) is 8.19. The van der Waals surface area contributed by atoms with Crippen molar-refractivity contribution in [3.63, 3.8) is 0 Å². The highest BCUT2D eigenvalue weighted by Gasteiger charge is 2.13. The molecule has 1 heteroatoms. The number of hydrogen-bond donors (Lipinski definition) is 0. The van der Waals surface area contributed by atoms with Gasteiger partial charge >= 0.3 is 0 Å². The van der Waals surface area contributed by atoms with Crippen molar-refractivity contribution in [1.82, 2.24) is 0 Å². The van der Waals surface area contributed by atoms with Gasteiger partial charge in [0.2, 0.25) is 0 Å². The quantitative estimate of drug-likeness (QED) is 0.566. The fourth-order valence-corrected chi connectivity index (χ4v) is 2.42. The van der Waals surface area contributed by atoms with Crippen molar-refractivity contribution in [3.8, 4) is 0 Å². The summed E-state index contributed by atoms with van der Waals surface area (Å²) in [6.07, 6.45) is 11.5. The van der Waals surface area contributed by atoms with Crippen LogP contribution in [0.25, 0.3) is 0 Å². The Kier molecular flexibility index (Phi) is 7.74. The summed E-state index contributed by atoms with van der Waals surface area (Å²) in [6.45, 7) is 15.8. The molecule has 0 radical (unpaired) electrons. The number of hydrogen-bond acceptors (Lipinski definition) is 1. The van der Waals surface area contributed by atoms with Gasteiger partial charge in [-0.2, -0.15) is 0 Å². The molecule has 0 bridgehead atoms. The van der Waals surface area contributed by atoms with E-state index in [0.717, 1.165) is 31.3 Å². The smallest absolute Gasteiger partial charge is 0.0787 e. The summed E-state index contributed by atoms with van der Waals surface area (Å²) in [5.74, 6) is 0.518. The van der Waals surface area contributed by atoms with Gasteiger partial charge in [0.05, 0.1) is 12.7 Å². The molecule has 1 heterocycles. The summed E-state index contributed by atoms with van der Waals surface area (Å²) in [5.41, 5.74) is 5.40. The summed E-state index contributed by atoms with van der Waals surface area (Å²) in [4.78, 5) is 0. The van der Waals surface area contributed by atoms with E-state index >= 15 is 0 Å². The predicted octanol–water partition coefficient (Wildman–Crippen LogP) is 6.00. The van der Waals surface area contributed by atoms with Crippen molar-refractivity contribution in [1.29, 1.82) is 0 Å². The third-order valence-corrected chi connectivity index (χ3v) is 4.16. The van der Waals surface area contributed by atoms with Crippen LogP contribution in [0, 0.1) is 5.92 Å². The first-order chi connectivity index (χ1) is 9.90. The Morgan fingerprint density at radius 2 is 1.90 bits per heavy atom. The summed E-state index contributed by atoms with van der Waals surface area (Å²) in [7, 11) is 0. The summed E-state index contributed by atoms with van der Waals surface area (Å²) in [6, 6.07) is 0. The molecule has 1 nitrogen and oxygen atoms in total. The van der Waals surface area contributed by atoms with E-state index in [-0.39, 0.29) is 6.10 Å². The average Bonchev–Trinajstić information content (AvgIpc) is 2.41. The minimum absolute atomic E-state index is 0.168. The topological polar surface area (TPSA) is 9.23 Å². The maximum atomic E-state index is 6.15. The average molecular weight is 288 g/mol. The van der Waals surface area contributed by atoms with Crippen LogP contribution in [-0.2, 0) is 4.74 Å². The normalized spacial score (nSPS) is 29.8. The van der Waals surface area contributed by atoms with Gasteiger partial charge in [-0.3, -0.25) is 0 Å². The minimum atomic E-state index is 0.168. The fourth-order valence-electron chi connectivity index (χ4n) is 2.42. The Balaban J connectivity index is 2.93. The summed E-state index contributed by atoms with van der Waals surface area (Å²) >= 11 is 0. The molecule has 0 amide bonds. The molecule has 0 spiro atoms. The molecule has 21 heavy (non-hydrogen) atoms. The molecular formula is C20H32O. The lowest BCUT2D eigenvalue weighted by atomic mass is 10.0. The second kappa shape index (κ2) is 9.04. The van der Waals surface area contributed by atoms with E-state index in [1.807, 2.05) is 0 Å². The Labute approximate surface area is 131 Å².